The number of aliphatic hydroxyl groups is 1. The number of likely N-dealkylation sites (tertiary alicyclic amines) is 1. The van der Waals surface area contributed by atoms with Gasteiger partial charge in [0.25, 0.3) is 5.91 Å². The van der Waals surface area contributed by atoms with Gasteiger partial charge in [0.1, 0.15) is 5.69 Å². The largest absolute Gasteiger partial charge is 0.381 e. The fraction of sp³-hybridized carbons (Fsp3) is 0.435. The van der Waals surface area contributed by atoms with E-state index in [1.54, 1.807) is 25.4 Å². The number of nitrogens with zero attached hydrogens (tertiary/aromatic N) is 5. The van der Waals surface area contributed by atoms with E-state index in [2.05, 4.69) is 25.4 Å². The minimum absolute atomic E-state index is 0.127. The molecular weight excluding hydrogens is 424 g/mol. The maximum atomic E-state index is 12.4. The molecule has 170 valence electrons. The van der Waals surface area contributed by atoms with Crippen LogP contribution in [-0.2, 0) is 15.1 Å². The maximum Gasteiger partial charge on any atom is 0.262 e. The van der Waals surface area contributed by atoms with Crippen LogP contribution in [0.3, 0.4) is 0 Å². The van der Waals surface area contributed by atoms with Gasteiger partial charge >= 0.3 is 0 Å². The molecular formula is C23H24N6O4. The summed E-state index contributed by atoms with van der Waals surface area (Å²) in [5.41, 5.74) is 0.893. The number of rotatable bonds is 5. The van der Waals surface area contributed by atoms with Gasteiger partial charge in [-0.25, -0.2) is 15.0 Å². The average molecular weight is 448 g/mol. The molecule has 6 rings (SSSR count). The fourth-order valence-corrected chi connectivity index (χ4v) is 4.73. The zero-order valence-corrected chi connectivity index (χ0v) is 18.2. The van der Waals surface area contributed by atoms with E-state index in [4.69, 9.17) is 9.26 Å². The van der Waals surface area contributed by atoms with Crippen molar-refractivity contribution >= 4 is 11.9 Å². The molecule has 3 aliphatic rings. The number of likely N-dealkylation sites (N-methyl/N-ethyl adjacent to an activating group) is 1. The number of hydrogen-bond acceptors (Lipinski definition) is 9. The Morgan fingerprint density at radius 2 is 1.97 bits per heavy atom. The van der Waals surface area contributed by atoms with Crippen LogP contribution in [0.4, 0.5) is 5.95 Å². The third-order valence-electron chi connectivity index (χ3n) is 6.98. The van der Waals surface area contributed by atoms with Crippen molar-refractivity contribution in [3.05, 3.63) is 42.3 Å². The van der Waals surface area contributed by atoms with Crippen LogP contribution in [0.1, 0.15) is 25.0 Å². The lowest BCUT2D eigenvalue weighted by atomic mass is 9.98. The molecule has 33 heavy (non-hydrogen) atoms. The molecule has 2 N–H and O–H groups in total. The molecule has 1 saturated carbocycles. The fourth-order valence-electron chi connectivity index (χ4n) is 4.73. The Hall–Kier alpha value is -3.37. The Morgan fingerprint density at radius 1 is 1.15 bits per heavy atom. The third-order valence-corrected chi connectivity index (χ3v) is 6.98. The lowest BCUT2D eigenvalue weighted by molar-refractivity contribution is -0.144. The number of hydrogen-bond donors (Lipinski definition) is 2. The SMILES string of the molecule is CN1CCC(O)(c2cc(-c3cccc(-c4ccnc(NC5CC56CCOC6)n4)n3)no2)C1=O. The second-order valence-corrected chi connectivity index (χ2v) is 9.15. The second-order valence-electron chi connectivity index (χ2n) is 9.15. The van der Waals surface area contributed by atoms with Gasteiger partial charge in [-0.2, -0.15) is 0 Å². The Bertz CT molecular complexity index is 1220. The van der Waals surface area contributed by atoms with Gasteiger partial charge in [0.2, 0.25) is 11.5 Å². The van der Waals surface area contributed by atoms with Gasteiger partial charge in [-0.15, -0.1) is 0 Å². The molecule has 3 aromatic heterocycles. The van der Waals surface area contributed by atoms with Gasteiger partial charge in [0.15, 0.2) is 5.76 Å². The van der Waals surface area contributed by atoms with Crippen molar-refractivity contribution in [2.75, 3.05) is 32.1 Å². The number of amides is 1. The molecule has 10 nitrogen and oxygen atoms in total. The second kappa shape index (κ2) is 7.32. The van der Waals surface area contributed by atoms with Crippen molar-refractivity contribution in [2.45, 2.75) is 30.9 Å². The van der Waals surface area contributed by atoms with E-state index < -0.39 is 11.5 Å². The maximum absolute atomic E-state index is 12.4. The van der Waals surface area contributed by atoms with Gasteiger partial charge in [-0.1, -0.05) is 11.2 Å². The highest BCUT2D eigenvalue weighted by Crippen LogP contribution is 2.53. The summed E-state index contributed by atoms with van der Waals surface area (Å²) in [5.74, 6) is 0.305. The van der Waals surface area contributed by atoms with E-state index >= 15 is 0 Å². The number of nitrogens with one attached hydrogen (secondary N) is 1. The first-order valence-corrected chi connectivity index (χ1v) is 11.1. The molecule has 10 heteroatoms. The van der Waals surface area contributed by atoms with Crippen molar-refractivity contribution in [3.63, 3.8) is 0 Å². The summed E-state index contributed by atoms with van der Waals surface area (Å²) < 4.78 is 10.9. The van der Waals surface area contributed by atoms with Crippen molar-refractivity contribution in [1.82, 2.24) is 25.0 Å². The molecule has 1 spiro atoms. The summed E-state index contributed by atoms with van der Waals surface area (Å²) in [6.07, 6.45) is 4.12. The smallest absolute Gasteiger partial charge is 0.262 e. The van der Waals surface area contributed by atoms with Crippen LogP contribution in [0.5, 0.6) is 0 Å². The van der Waals surface area contributed by atoms with Crippen LogP contribution in [-0.4, -0.2) is 68.9 Å². The number of carbonyl (C=O) groups is 1. The van der Waals surface area contributed by atoms with Crippen molar-refractivity contribution < 1.29 is 19.2 Å². The minimum atomic E-state index is -1.69. The molecule has 3 unspecified atom stereocenters. The van der Waals surface area contributed by atoms with E-state index in [9.17, 15) is 9.90 Å². The molecule has 0 bridgehead atoms. The molecule has 5 heterocycles. The number of aromatic nitrogens is 4. The van der Waals surface area contributed by atoms with Crippen LogP contribution in [0.25, 0.3) is 22.8 Å². The van der Waals surface area contributed by atoms with E-state index in [1.165, 1.54) is 4.90 Å². The predicted molar refractivity (Wildman–Crippen MR) is 117 cm³/mol. The quantitative estimate of drug-likeness (QED) is 0.601. The molecule has 2 saturated heterocycles. The third kappa shape index (κ3) is 3.37. The average Bonchev–Trinajstić information content (AvgIpc) is 3.23. The van der Waals surface area contributed by atoms with Gasteiger partial charge in [-0.3, -0.25) is 4.79 Å². The Balaban J connectivity index is 1.23. The molecule has 3 aromatic rings. The summed E-state index contributed by atoms with van der Waals surface area (Å²) in [6, 6.07) is 9.24. The predicted octanol–water partition coefficient (Wildman–Crippen LogP) is 1.83. The molecule has 3 atom stereocenters. The van der Waals surface area contributed by atoms with E-state index in [0.717, 1.165) is 26.1 Å². The first-order valence-electron chi connectivity index (χ1n) is 11.1. The van der Waals surface area contributed by atoms with Gasteiger partial charge in [0.05, 0.1) is 23.7 Å². The summed E-state index contributed by atoms with van der Waals surface area (Å²) in [4.78, 5) is 27.5. The van der Waals surface area contributed by atoms with Crippen LogP contribution in [0, 0.1) is 5.41 Å². The monoisotopic (exact) mass is 448 g/mol. The van der Waals surface area contributed by atoms with E-state index in [-0.39, 0.29) is 17.6 Å². The molecule has 0 aromatic carbocycles. The standard InChI is InChI=1S/C23H24N6O4/c1-29-9-6-23(31,20(29)30)19-11-17(28-33-19)15-4-2-3-14(25-15)16-5-8-24-21(26-16)27-18-12-22(18)7-10-32-13-22/h2-5,8,11,18,31H,6-7,9-10,12-13H2,1H3,(H,24,26,27). The zero-order chi connectivity index (χ0) is 22.6. The van der Waals surface area contributed by atoms with Gasteiger partial charge in [-0.05, 0) is 31.0 Å². The van der Waals surface area contributed by atoms with Crippen molar-refractivity contribution in [1.29, 1.82) is 0 Å². The number of anilines is 1. The Morgan fingerprint density at radius 3 is 2.73 bits per heavy atom. The Kier molecular flexibility index (Phi) is 4.49. The normalized spacial score (nSPS) is 28.6. The summed E-state index contributed by atoms with van der Waals surface area (Å²) in [5, 5.41) is 18.3. The molecule has 2 aliphatic heterocycles. The van der Waals surface area contributed by atoms with Crippen molar-refractivity contribution in [2.24, 2.45) is 5.41 Å². The summed E-state index contributed by atoms with van der Waals surface area (Å²) >= 11 is 0. The number of ether oxygens (including phenoxy) is 1. The Labute approximate surface area is 190 Å². The summed E-state index contributed by atoms with van der Waals surface area (Å²) in [7, 11) is 1.65. The first-order chi connectivity index (χ1) is 16.0. The lowest BCUT2D eigenvalue weighted by Gasteiger charge is -2.16. The van der Waals surface area contributed by atoms with Gasteiger partial charge in [0, 0.05) is 50.3 Å². The number of carbonyl (C=O) groups excluding carboxylic acids is 1. The molecule has 0 radical (unpaired) electrons. The highest BCUT2D eigenvalue weighted by atomic mass is 16.5. The minimum Gasteiger partial charge on any atom is -0.381 e. The van der Waals surface area contributed by atoms with E-state index in [0.29, 0.717) is 41.3 Å². The zero-order valence-electron chi connectivity index (χ0n) is 18.2. The van der Waals surface area contributed by atoms with E-state index in [1.807, 2.05) is 18.2 Å². The number of pyridine rings is 1. The van der Waals surface area contributed by atoms with Crippen LogP contribution in [0.15, 0.2) is 41.1 Å². The van der Waals surface area contributed by atoms with Crippen LogP contribution >= 0.6 is 0 Å². The summed E-state index contributed by atoms with van der Waals surface area (Å²) in [6.45, 7) is 2.07. The van der Waals surface area contributed by atoms with Crippen LogP contribution in [0.2, 0.25) is 0 Å². The van der Waals surface area contributed by atoms with Crippen molar-refractivity contribution in [3.8, 4) is 22.8 Å². The molecule has 1 amide bonds. The highest BCUT2D eigenvalue weighted by molar-refractivity contribution is 5.87. The molecule has 1 aliphatic carbocycles. The molecule has 3 fully saturated rings. The van der Waals surface area contributed by atoms with Gasteiger partial charge < -0.3 is 24.6 Å². The lowest BCUT2D eigenvalue weighted by Crippen LogP contribution is -2.35. The van der Waals surface area contributed by atoms with Crippen LogP contribution < -0.4 is 5.32 Å². The topological polar surface area (TPSA) is 126 Å². The highest BCUT2D eigenvalue weighted by Gasteiger charge is 2.56. The first kappa shape index (κ1) is 20.3.